The lowest BCUT2D eigenvalue weighted by Gasteiger charge is -2.56. The SMILES string of the molecule is COC/C=C/C(=O)N1C2CC1CN(c1ccc(-c3cc(C(C=NC(F)F)=CN)cn4ncc(C#N)c34)cn1)C2. The van der Waals surface area contributed by atoms with E-state index in [1.165, 1.54) is 16.9 Å². The van der Waals surface area contributed by atoms with E-state index in [1.807, 2.05) is 17.0 Å². The molecule has 1 amide bonds. The number of nitrogens with zero attached hydrogens (tertiary/aromatic N) is 7. The van der Waals surface area contributed by atoms with Crippen molar-refractivity contribution in [1.82, 2.24) is 19.5 Å². The number of hydrogen-bond donors (Lipinski definition) is 1. The maximum Gasteiger partial charge on any atom is 0.331 e. The topological polar surface area (TPSA) is 125 Å². The van der Waals surface area contributed by atoms with E-state index < -0.39 is 6.55 Å². The molecule has 2 atom stereocenters. The Labute approximate surface area is 223 Å². The van der Waals surface area contributed by atoms with Crippen LogP contribution < -0.4 is 10.6 Å². The van der Waals surface area contributed by atoms with Gasteiger partial charge in [-0.1, -0.05) is 6.08 Å². The summed E-state index contributed by atoms with van der Waals surface area (Å²) in [5.41, 5.74) is 8.76. The number of carbonyl (C=O) groups excluding carboxylic acids is 1. The van der Waals surface area contributed by atoms with Crippen molar-refractivity contribution in [2.24, 2.45) is 10.7 Å². The molecule has 6 heterocycles. The Morgan fingerprint density at radius 3 is 2.77 bits per heavy atom. The van der Waals surface area contributed by atoms with Crippen LogP contribution in [0.4, 0.5) is 14.6 Å². The molecule has 39 heavy (non-hydrogen) atoms. The molecule has 12 heteroatoms. The molecule has 3 saturated heterocycles. The van der Waals surface area contributed by atoms with Gasteiger partial charge in [0.05, 0.1) is 36.0 Å². The predicted octanol–water partition coefficient (Wildman–Crippen LogP) is 2.85. The van der Waals surface area contributed by atoms with Gasteiger partial charge in [0.1, 0.15) is 11.9 Å². The first-order valence-electron chi connectivity index (χ1n) is 12.3. The van der Waals surface area contributed by atoms with Gasteiger partial charge in [0.15, 0.2) is 0 Å². The van der Waals surface area contributed by atoms with E-state index >= 15 is 0 Å². The lowest BCUT2D eigenvalue weighted by atomic mass is 9.87. The molecule has 2 bridgehead atoms. The number of rotatable bonds is 8. The van der Waals surface area contributed by atoms with E-state index in [-0.39, 0.29) is 23.6 Å². The molecule has 3 aromatic rings. The number of hydrogen-bond acceptors (Lipinski definition) is 8. The first-order chi connectivity index (χ1) is 18.9. The highest BCUT2D eigenvalue weighted by Crippen LogP contribution is 2.35. The number of pyridine rings is 2. The van der Waals surface area contributed by atoms with Gasteiger partial charge in [0.25, 0.3) is 0 Å². The molecule has 0 spiro atoms. The summed E-state index contributed by atoms with van der Waals surface area (Å²) >= 11 is 0. The average Bonchev–Trinajstić information content (AvgIpc) is 3.36. The Balaban J connectivity index is 1.41. The number of aliphatic imine (C=N–C) groups is 1. The van der Waals surface area contributed by atoms with Crippen molar-refractivity contribution >= 4 is 29.0 Å². The molecule has 10 nitrogen and oxygen atoms in total. The van der Waals surface area contributed by atoms with Gasteiger partial charge in [-0.3, -0.25) is 4.79 Å². The fourth-order valence-corrected chi connectivity index (χ4v) is 5.15. The summed E-state index contributed by atoms with van der Waals surface area (Å²) in [6, 6.07) is 7.94. The number of carbonyl (C=O) groups is 1. The number of amides is 1. The number of methoxy groups -OCH3 is 1. The van der Waals surface area contributed by atoms with Crippen LogP contribution in [0.3, 0.4) is 0 Å². The van der Waals surface area contributed by atoms with E-state index in [4.69, 9.17) is 10.5 Å². The van der Waals surface area contributed by atoms with E-state index in [2.05, 4.69) is 26.0 Å². The zero-order valence-electron chi connectivity index (χ0n) is 21.1. The number of fused-ring (bicyclic) bond motifs is 3. The summed E-state index contributed by atoms with van der Waals surface area (Å²) in [4.78, 5) is 24.4. The second kappa shape index (κ2) is 11.0. The van der Waals surface area contributed by atoms with Gasteiger partial charge in [-0.05, 0) is 24.6 Å². The van der Waals surface area contributed by atoms with Gasteiger partial charge in [-0.2, -0.15) is 19.1 Å². The summed E-state index contributed by atoms with van der Waals surface area (Å²) in [5, 5.41) is 13.9. The van der Waals surface area contributed by atoms with E-state index in [1.54, 1.807) is 37.7 Å². The predicted molar refractivity (Wildman–Crippen MR) is 142 cm³/mol. The minimum atomic E-state index is -2.87. The molecule has 0 aliphatic carbocycles. The number of nitrogens with two attached hydrogens (primary N) is 1. The van der Waals surface area contributed by atoms with Gasteiger partial charge in [0, 0.05) is 73.3 Å². The van der Waals surface area contributed by atoms with Crippen LogP contribution in [0.15, 0.2) is 60.1 Å². The van der Waals surface area contributed by atoms with Crippen LogP contribution in [0, 0.1) is 11.3 Å². The molecular weight excluding hydrogens is 506 g/mol. The smallest absolute Gasteiger partial charge is 0.331 e. The lowest BCUT2D eigenvalue weighted by Crippen LogP contribution is -2.70. The summed E-state index contributed by atoms with van der Waals surface area (Å²) < 4.78 is 31.8. The minimum Gasteiger partial charge on any atom is -0.404 e. The monoisotopic (exact) mass is 532 g/mol. The number of alkyl halides is 2. The first kappa shape index (κ1) is 26.0. The zero-order valence-corrected chi connectivity index (χ0v) is 21.1. The Bertz CT molecular complexity index is 1490. The van der Waals surface area contributed by atoms with Crippen LogP contribution in [0.2, 0.25) is 0 Å². The minimum absolute atomic E-state index is 0.00115. The first-order valence-corrected chi connectivity index (χ1v) is 12.3. The summed E-state index contributed by atoms with van der Waals surface area (Å²) in [5.74, 6) is 0.780. The van der Waals surface area contributed by atoms with Gasteiger partial charge >= 0.3 is 6.55 Å². The Morgan fingerprint density at radius 1 is 1.33 bits per heavy atom. The summed E-state index contributed by atoms with van der Waals surface area (Å²) in [6.45, 7) is -1.11. The third-order valence-corrected chi connectivity index (χ3v) is 6.93. The molecule has 3 fully saturated rings. The van der Waals surface area contributed by atoms with E-state index in [9.17, 15) is 18.8 Å². The standard InChI is InChI=1S/C27H26F2N8O2/c1-39-6-2-3-25(38)37-21-8-22(37)16-35(15-21)24-5-4-17(11-32-24)23-7-18(19(9-30)12-33-27(28)29)14-36-26(23)20(10-31)13-34-36/h2-5,7,9,11-14,21-22,27H,6,8,15-16,30H2,1H3/b3-2+,19-9?,33-12?. The van der Waals surface area contributed by atoms with Crippen LogP contribution in [0.25, 0.3) is 22.2 Å². The lowest BCUT2D eigenvalue weighted by molar-refractivity contribution is -0.140. The van der Waals surface area contributed by atoms with Crippen molar-refractivity contribution in [3.05, 3.63) is 66.3 Å². The highest BCUT2D eigenvalue weighted by molar-refractivity contribution is 6.10. The van der Waals surface area contributed by atoms with E-state index in [0.717, 1.165) is 18.5 Å². The zero-order chi connectivity index (χ0) is 27.5. The Hall–Kier alpha value is -4.63. The van der Waals surface area contributed by atoms with Crippen molar-refractivity contribution in [3.63, 3.8) is 0 Å². The molecule has 0 saturated carbocycles. The van der Waals surface area contributed by atoms with Crippen molar-refractivity contribution < 1.29 is 18.3 Å². The van der Waals surface area contributed by atoms with E-state index in [0.29, 0.717) is 47.5 Å². The molecule has 3 aliphatic heterocycles. The van der Waals surface area contributed by atoms with Crippen molar-refractivity contribution in [3.8, 4) is 17.2 Å². The molecule has 2 unspecified atom stereocenters. The van der Waals surface area contributed by atoms with Crippen LogP contribution in [-0.4, -0.2) is 77.1 Å². The quantitative estimate of drug-likeness (QED) is 0.269. The van der Waals surface area contributed by atoms with Crippen molar-refractivity contribution in [2.45, 2.75) is 25.1 Å². The number of piperidine rings is 1. The summed E-state index contributed by atoms with van der Waals surface area (Å²) in [7, 11) is 1.58. The molecule has 200 valence electrons. The average molecular weight is 533 g/mol. The highest BCUT2D eigenvalue weighted by Gasteiger charge is 2.46. The maximum absolute atomic E-state index is 12.7. The third kappa shape index (κ3) is 5.08. The Kier molecular flexibility index (Phi) is 7.33. The number of allylic oxidation sites excluding steroid dienone is 1. The van der Waals surface area contributed by atoms with Crippen LogP contribution in [0.5, 0.6) is 0 Å². The number of anilines is 1. The molecule has 3 aromatic heterocycles. The largest absolute Gasteiger partial charge is 0.404 e. The van der Waals surface area contributed by atoms with Gasteiger partial charge < -0.3 is 20.3 Å². The van der Waals surface area contributed by atoms with Crippen LogP contribution in [-0.2, 0) is 9.53 Å². The highest BCUT2D eigenvalue weighted by atomic mass is 19.3. The molecule has 0 radical (unpaired) electrons. The fourth-order valence-electron chi connectivity index (χ4n) is 5.15. The van der Waals surface area contributed by atoms with Crippen LogP contribution in [0.1, 0.15) is 17.5 Å². The van der Waals surface area contributed by atoms with Gasteiger partial charge in [-0.25, -0.2) is 14.5 Å². The maximum atomic E-state index is 12.7. The van der Waals surface area contributed by atoms with Crippen molar-refractivity contribution in [2.75, 3.05) is 31.7 Å². The number of nitriles is 1. The Morgan fingerprint density at radius 2 is 2.13 bits per heavy atom. The fraction of sp³-hybridized carbons (Fsp3) is 0.296. The molecule has 6 rings (SSSR count). The third-order valence-electron chi connectivity index (χ3n) is 6.93. The summed E-state index contributed by atoms with van der Waals surface area (Å²) in [6.07, 6.45) is 11.2. The second-order valence-corrected chi connectivity index (χ2v) is 9.24. The number of aromatic nitrogens is 3. The number of ether oxygens (including phenoxy) is 1. The van der Waals surface area contributed by atoms with Crippen molar-refractivity contribution in [1.29, 1.82) is 5.26 Å². The molecule has 2 N–H and O–H groups in total. The molecule has 3 aliphatic rings. The number of piperazine rings is 1. The molecule has 0 aromatic carbocycles. The van der Waals surface area contributed by atoms with Crippen LogP contribution >= 0.6 is 0 Å². The molecular formula is C27H26F2N8O2. The normalized spacial score (nSPS) is 19.3. The number of halogens is 2. The second-order valence-electron chi connectivity index (χ2n) is 9.24. The van der Waals surface area contributed by atoms with Gasteiger partial charge in [-0.15, -0.1) is 0 Å². The van der Waals surface area contributed by atoms with Gasteiger partial charge in [0.2, 0.25) is 5.91 Å².